The van der Waals surface area contributed by atoms with Crippen LogP contribution in [0.4, 0.5) is 8.78 Å². The van der Waals surface area contributed by atoms with Crippen molar-refractivity contribution in [1.82, 2.24) is 0 Å². The first-order valence-corrected chi connectivity index (χ1v) is 6.44. The largest absolute Gasteiger partial charge is 0.494 e. The Labute approximate surface area is 121 Å². The summed E-state index contributed by atoms with van der Waals surface area (Å²) < 4.78 is 37.9. The van der Waals surface area contributed by atoms with Crippen LogP contribution in [0.15, 0.2) is 36.4 Å². The third kappa shape index (κ3) is 3.49. The summed E-state index contributed by atoms with van der Waals surface area (Å²) in [5.74, 6) is -0.666. The van der Waals surface area contributed by atoms with Gasteiger partial charge in [-0.25, -0.2) is 8.78 Å². The average molecular weight is 294 g/mol. The quantitative estimate of drug-likeness (QED) is 0.915. The van der Waals surface area contributed by atoms with Gasteiger partial charge in [-0.15, -0.1) is 0 Å². The van der Waals surface area contributed by atoms with E-state index in [0.717, 1.165) is 0 Å². The fourth-order valence-electron chi connectivity index (χ4n) is 1.92. The number of methoxy groups -OCH3 is 1. The molecule has 1 atom stereocenters. The van der Waals surface area contributed by atoms with Crippen LogP contribution in [-0.2, 0) is 6.61 Å². The second kappa shape index (κ2) is 6.54. The van der Waals surface area contributed by atoms with E-state index in [-0.39, 0.29) is 23.7 Å². The molecule has 0 amide bonds. The van der Waals surface area contributed by atoms with Gasteiger partial charge in [0, 0.05) is 17.2 Å². The number of ether oxygens (including phenoxy) is 2. The second-order valence-corrected chi connectivity index (χ2v) is 4.58. The number of halogens is 2. The molecule has 3 nitrogen and oxygen atoms in total. The molecule has 0 fully saturated rings. The zero-order chi connectivity index (χ0) is 15.4. The first-order valence-electron chi connectivity index (χ1n) is 6.44. The predicted octanol–water partition coefficient (Wildman–Crippen LogP) is 3.61. The molecular formula is C16H16F2O3. The van der Waals surface area contributed by atoms with Gasteiger partial charge in [0.25, 0.3) is 0 Å². The summed E-state index contributed by atoms with van der Waals surface area (Å²) in [5.41, 5.74) is 0.504. The van der Waals surface area contributed by atoms with Crippen molar-refractivity contribution in [2.75, 3.05) is 7.11 Å². The maximum Gasteiger partial charge on any atom is 0.171 e. The van der Waals surface area contributed by atoms with Crippen molar-refractivity contribution in [3.63, 3.8) is 0 Å². The molecule has 0 aliphatic rings. The zero-order valence-electron chi connectivity index (χ0n) is 11.8. The van der Waals surface area contributed by atoms with Gasteiger partial charge < -0.3 is 14.6 Å². The number of aliphatic hydroxyl groups excluding tert-OH is 1. The maximum atomic E-state index is 13.9. The van der Waals surface area contributed by atoms with Crippen molar-refractivity contribution < 1.29 is 23.4 Å². The lowest BCUT2D eigenvalue weighted by Gasteiger charge is -2.11. The van der Waals surface area contributed by atoms with E-state index in [1.54, 1.807) is 12.1 Å². The molecular weight excluding hydrogens is 278 g/mol. The molecule has 2 aromatic rings. The van der Waals surface area contributed by atoms with Gasteiger partial charge in [0.2, 0.25) is 0 Å². The van der Waals surface area contributed by atoms with E-state index < -0.39 is 17.7 Å². The number of hydrogen-bond acceptors (Lipinski definition) is 3. The van der Waals surface area contributed by atoms with Gasteiger partial charge in [-0.2, -0.15) is 0 Å². The summed E-state index contributed by atoms with van der Waals surface area (Å²) in [4.78, 5) is 0. The predicted molar refractivity (Wildman–Crippen MR) is 74.3 cm³/mol. The van der Waals surface area contributed by atoms with E-state index in [1.165, 1.54) is 38.3 Å². The Morgan fingerprint density at radius 3 is 2.57 bits per heavy atom. The third-order valence-corrected chi connectivity index (χ3v) is 3.08. The molecule has 112 valence electrons. The Bertz CT molecular complexity index is 627. The molecule has 0 radical (unpaired) electrons. The topological polar surface area (TPSA) is 38.7 Å². The summed E-state index contributed by atoms with van der Waals surface area (Å²) in [5, 5.41) is 9.35. The van der Waals surface area contributed by atoms with Crippen LogP contribution in [0.25, 0.3) is 0 Å². The number of aliphatic hydroxyl groups is 1. The van der Waals surface area contributed by atoms with E-state index in [4.69, 9.17) is 9.47 Å². The number of rotatable bonds is 5. The molecule has 0 bridgehead atoms. The molecule has 0 aliphatic heterocycles. The van der Waals surface area contributed by atoms with Crippen LogP contribution in [0.3, 0.4) is 0 Å². The standard InChI is InChI=1S/C16H16F2O3/c1-10(19)13-7-6-12(8-14(13)17)21-9-11-4-3-5-15(20-2)16(11)18/h3-8,10,19H,9H2,1-2H3. The maximum absolute atomic E-state index is 13.9. The summed E-state index contributed by atoms with van der Waals surface area (Å²) in [6, 6.07) is 8.87. The minimum absolute atomic E-state index is 0.0451. The van der Waals surface area contributed by atoms with Crippen molar-refractivity contribution in [3.8, 4) is 11.5 Å². The Balaban J connectivity index is 2.12. The van der Waals surface area contributed by atoms with Gasteiger partial charge in [-0.05, 0) is 25.1 Å². The van der Waals surface area contributed by atoms with E-state index in [9.17, 15) is 13.9 Å². The zero-order valence-corrected chi connectivity index (χ0v) is 11.8. The van der Waals surface area contributed by atoms with Crippen LogP contribution in [-0.4, -0.2) is 12.2 Å². The van der Waals surface area contributed by atoms with E-state index in [1.807, 2.05) is 0 Å². The van der Waals surface area contributed by atoms with Gasteiger partial charge in [0.15, 0.2) is 11.6 Å². The van der Waals surface area contributed by atoms with Crippen molar-refractivity contribution in [2.24, 2.45) is 0 Å². The van der Waals surface area contributed by atoms with Crippen molar-refractivity contribution >= 4 is 0 Å². The molecule has 0 saturated heterocycles. The summed E-state index contributed by atoms with van der Waals surface area (Å²) in [6.07, 6.45) is -0.894. The van der Waals surface area contributed by atoms with Crippen LogP contribution in [0.2, 0.25) is 0 Å². The average Bonchev–Trinajstić information content (AvgIpc) is 2.46. The summed E-state index contributed by atoms with van der Waals surface area (Å²) in [7, 11) is 1.38. The lowest BCUT2D eigenvalue weighted by Crippen LogP contribution is -2.02. The molecule has 2 rings (SSSR count). The number of hydrogen-bond donors (Lipinski definition) is 1. The SMILES string of the molecule is COc1cccc(COc2ccc(C(C)O)c(F)c2)c1F. The molecule has 0 aromatic heterocycles. The Kier molecular flexibility index (Phi) is 4.75. The van der Waals surface area contributed by atoms with Crippen molar-refractivity contribution in [2.45, 2.75) is 19.6 Å². The molecule has 2 aromatic carbocycles. The minimum Gasteiger partial charge on any atom is -0.494 e. The Morgan fingerprint density at radius 2 is 1.95 bits per heavy atom. The van der Waals surface area contributed by atoms with Crippen molar-refractivity contribution in [1.29, 1.82) is 0 Å². The Hall–Kier alpha value is -2.14. The monoisotopic (exact) mass is 294 g/mol. The minimum atomic E-state index is -0.894. The molecule has 0 spiro atoms. The lowest BCUT2D eigenvalue weighted by atomic mass is 10.1. The molecule has 0 saturated carbocycles. The molecule has 5 heteroatoms. The third-order valence-electron chi connectivity index (χ3n) is 3.08. The molecule has 21 heavy (non-hydrogen) atoms. The highest BCUT2D eigenvalue weighted by Crippen LogP contribution is 2.24. The Morgan fingerprint density at radius 1 is 1.19 bits per heavy atom. The van der Waals surface area contributed by atoms with E-state index in [0.29, 0.717) is 5.56 Å². The normalized spacial score (nSPS) is 12.0. The van der Waals surface area contributed by atoms with Crippen LogP contribution >= 0.6 is 0 Å². The summed E-state index contributed by atoms with van der Waals surface area (Å²) in [6.45, 7) is 1.43. The fourth-order valence-corrected chi connectivity index (χ4v) is 1.92. The van der Waals surface area contributed by atoms with E-state index in [2.05, 4.69) is 0 Å². The summed E-state index contributed by atoms with van der Waals surface area (Å²) >= 11 is 0. The van der Waals surface area contributed by atoms with Crippen LogP contribution < -0.4 is 9.47 Å². The molecule has 1 unspecified atom stereocenters. The van der Waals surface area contributed by atoms with Crippen molar-refractivity contribution in [3.05, 3.63) is 59.2 Å². The number of benzene rings is 2. The van der Waals surface area contributed by atoms with Crippen LogP contribution in [0.5, 0.6) is 11.5 Å². The highest BCUT2D eigenvalue weighted by molar-refractivity contribution is 5.33. The smallest absolute Gasteiger partial charge is 0.171 e. The van der Waals surface area contributed by atoms with Gasteiger partial charge in [0.05, 0.1) is 13.2 Å². The first-order chi connectivity index (χ1) is 10.0. The molecule has 0 aliphatic carbocycles. The highest BCUT2D eigenvalue weighted by Gasteiger charge is 2.11. The van der Waals surface area contributed by atoms with Gasteiger partial charge in [-0.1, -0.05) is 12.1 Å². The van der Waals surface area contributed by atoms with E-state index >= 15 is 0 Å². The van der Waals surface area contributed by atoms with Crippen LogP contribution in [0.1, 0.15) is 24.2 Å². The lowest BCUT2D eigenvalue weighted by molar-refractivity contribution is 0.193. The second-order valence-electron chi connectivity index (χ2n) is 4.58. The molecule has 0 heterocycles. The van der Waals surface area contributed by atoms with Gasteiger partial charge in [0.1, 0.15) is 18.2 Å². The van der Waals surface area contributed by atoms with Crippen LogP contribution in [0, 0.1) is 11.6 Å². The van der Waals surface area contributed by atoms with Gasteiger partial charge in [-0.3, -0.25) is 0 Å². The highest BCUT2D eigenvalue weighted by atomic mass is 19.1. The van der Waals surface area contributed by atoms with Gasteiger partial charge >= 0.3 is 0 Å². The fraction of sp³-hybridized carbons (Fsp3) is 0.250. The molecule has 1 N–H and O–H groups in total. The first kappa shape index (κ1) is 15.3.